The van der Waals surface area contributed by atoms with Crippen LogP contribution in [-0.4, -0.2) is 23.5 Å². The van der Waals surface area contributed by atoms with Crippen molar-refractivity contribution >= 4 is 45.7 Å². The Hall–Kier alpha value is -2.97. The number of thiazole rings is 1. The highest BCUT2D eigenvalue weighted by Gasteiger charge is 2.16. The zero-order valence-corrected chi connectivity index (χ0v) is 17.0. The van der Waals surface area contributed by atoms with E-state index in [4.69, 9.17) is 11.6 Å². The number of amides is 3. The molecule has 2 aromatic carbocycles. The quantitative estimate of drug-likeness (QED) is 0.520. The van der Waals surface area contributed by atoms with Gasteiger partial charge in [0.15, 0.2) is 5.13 Å². The second-order valence-corrected chi connectivity index (χ2v) is 7.59. The maximum absolute atomic E-state index is 12.9. The van der Waals surface area contributed by atoms with E-state index in [0.717, 1.165) is 16.9 Å². The Kier molecular flexibility index (Phi) is 6.79. The molecule has 6 nitrogen and oxygen atoms in total. The minimum Gasteiger partial charge on any atom is -0.351 e. The van der Waals surface area contributed by atoms with Crippen LogP contribution >= 0.6 is 22.9 Å². The van der Waals surface area contributed by atoms with Gasteiger partial charge in [-0.1, -0.05) is 35.1 Å². The van der Waals surface area contributed by atoms with Gasteiger partial charge in [-0.2, -0.15) is 0 Å². The zero-order chi connectivity index (χ0) is 20.8. The number of benzene rings is 2. The van der Waals surface area contributed by atoms with Crippen LogP contribution in [0.4, 0.5) is 20.0 Å². The molecule has 150 valence electrons. The molecule has 0 saturated carbocycles. The number of rotatable bonds is 6. The highest BCUT2D eigenvalue weighted by Crippen LogP contribution is 2.23. The lowest BCUT2D eigenvalue weighted by Crippen LogP contribution is -2.25. The van der Waals surface area contributed by atoms with Crippen LogP contribution in [0.25, 0.3) is 0 Å². The molecular weight excluding hydrogens is 415 g/mol. The van der Waals surface area contributed by atoms with Gasteiger partial charge < -0.3 is 10.6 Å². The van der Waals surface area contributed by atoms with Crippen LogP contribution in [0.5, 0.6) is 0 Å². The Bertz CT molecular complexity index is 1010. The minimum atomic E-state index is -0.528. The van der Waals surface area contributed by atoms with Gasteiger partial charge in [0.1, 0.15) is 10.7 Å². The van der Waals surface area contributed by atoms with Gasteiger partial charge in [0.2, 0.25) is 0 Å². The Morgan fingerprint density at radius 2 is 1.76 bits per heavy atom. The fourth-order valence-corrected chi connectivity index (χ4v) is 3.51. The molecule has 0 spiro atoms. The van der Waals surface area contributed by atoms with Crippen molar-refractivity contribution in [3.8, 4) is 0 Å². The molecule has 0 bridgehead atoms. The molecule has 3 N–H and O–H groups in total. The van der Waals surface area contributed by atoms with Gasteiger partial charge in [-0.3, -0.25) is 10.1 Å². The summed E-state index contributed by atoms with van der Waals surface area (Å²) in [6, 6.07) is 12.3. The third-order valence-corrected chi connectivity index (χ3v) is 5.26. The van der Waals surface area contributed by atoms with Crippen LogP contribution in [-0.2, 0) is 6.42 Å². The lowest BCUT2D eigenvalue weighted by molar-refractivity contribution is 0.0957. The summed E-state index contributed by atoms with van der Waals surface area (Å²) >= 11 is 6.94. The molecule has 9 heteroatoms. The predicted molar refractivity (Wildman–Crippen MR) is 113 cm³/mol. The third-order valence-electron chi connectivity index (χ3n) is 3.94. The highest BCUT2D eigenvalue weighted by molar-refractivity contribution is 7.17. The molecule has 3 aromatic rings. The molecule has 0 radical (unpaired) electrons. The van der Waals surface area contributed by atoms with Crippen LogP contribution in [0.3, 0.4) is 0 Å². The second kappa shape index (κ2) is 9.49. The summed E-state index contributed by atoms with van der Waals surface area (Å²) in [6.07, 6.45) is 0.673. The van der Waals surface area contributed by atoms with E-state index in [2.05, 4.69) is 20.9 Å². The number of nitrogens with one attached hydrogen (secondary N) is 3. The number of hydrogen-bond acceptors (Lipinski definition) is 4. The maximum Gasteiger partial charge on any atom is 0.325 e. The summed E-state index contributed by atoms with van der Waals surface area (Å²) in [7, 11) is 0. The van der Waals surface area contributed by atoms with Crippen LogP contribution < -0.4 is 16.0 Å². The first kappa shape index (κ1) is 20.8. The first-order chi connectivity index (χ1) is 13.9. The first-order valence-electron chi connectivity index (χ1n) is 8.74. The minimum absolute atomic E-state index is 0.249. The van der Waals surface area contributed by atoms with Crippen LogP contribution in [0.15, 0.2) is 48.5 Å². The van der Waals surface area contributed by atoms with Gasteiger partial charge in [0.05, 0.1) is 5.69 Å². The molecule has 3 rings (SSSR count). The van der Waals surface area contributed by atoms with Crippen molar-refractivity contribution in [1.82, 2.24) is 10.3 Å². The molecule has 0 aliphatic carbocycles. The molecule has 0 saturated heterocycles. The second-order valence-electron chi connectivity index (χ2n) is 6.15. The molecule has 0 atom stereocenters. The van der Waals surface area contributed by atoms with Crippen molar-refractivity contribution in [2.45, 2.75) is 13.3 Å². The molecule has 0 aliphatic heterocycles. The third kappa shape index (κ3) is 6.00. The number of halogens is 2. The van der Waals surface area contributed by atoms with Crippen molar-refractivity contribution in [3.63, 3.8) is 0 Å². The van der Waals surface area contributed by atoms with Gasteiger partial charge in [-0.15, -0.1) is 0 Å². The average molecular weight is 433 g/mol. The first-order valence-corrected chi connectivity index (χ1v) is 9.94. The van der Waals surface area contributed by atoms with E-state index in [1.165, 1.54) is 24.3 Å². The Labute approximate surface area is 176 Å². The zero-order valence-electron chi connectivity index (χ0n) is 15.5. The summed E-state index contributed by atoms with van der Waals surface area (Å²) in [4.78, 5) is 29.1. The monoisotopic (exact) mass is 432 g/mol. The molecule has 3 amide bonds. The number of urea groups is 1. The number of nitrogens with zero attached hydrogens (tertiary/aromatic N) is 1. The fourth-order valence-electron chi connectivity index (χ4n) is 2.50. The number of carbonyl (C=O) groups excluding carboxylic acids is 2. The lowest BCUT2D eigenvalue weighted by Gasteiger charge is -2.05. The Morgan fingerprint density at radius 3 is 2.45 bits per heavy atom. The van der Waals surface area contributed by atoms with E-state index in [0.29, 0.717) is 39.4 Å². The molecule has 29 heavy (non-hydrogen) atoms. The molecule has 1 aromatic heterocycles. The highest BCUT2D eigenvalue weighted by atomic mass is 35.5. The van der Waals surface area contributed by atoms with Crippen LogP contribution in [0.1, 0.15) is 20.9 Å². The number of aryl methyl sites for hydroxylation is 1. The van der Waals surface area contributed by atoms with E-state index in [-0.39, 0.29) is 5.91 Å². The van der Waals surface area contributed by atoms with Gasteiger partial charge in [0, 0.05) is 17.3 Å². The smallest absolute Gasteiger partial charge is 0.325 e. The van der Waals surface area contributed by atoms with E-state index in [1.807, 2.05) is 12.1 Å². The number of anilines is 2. The molecule has 0 fully saturated rings. The van der Waals surface area contributed by atoms with Gasteiger partial charge in [-0.05, 0) is 55.3 Å². The summed E-state index contributed by atoms with van der Waals surface area (Å²) in [5.41, 5.74) is 2.03. The van der Waals surface area contributed by atoms with Crippen LogP contribution in [0, 0.1) is 12.7 Å². The van der Waals surface area contributed by atoms with Gasteiger partial charge in [0.25, 0.3) is 5.91 Å². The van der Waals surface area contributed by atoms with E-state index in [9.17, 15) is 14.0 Å². The van der Waals surface area contributed by atoms with Gasteiger partial charge >= 0.3 is 6.03 Å². The number of aromatic nitrogens is 1. The Morgan fingerprint density at radius 1 is 1.07 bits per heavy atom. The predicted octanol–water partition coefficient (Wildman–Crippen LogP) is 4.86. The Balaban J connectivity index is 1.53. The van der Waals surface area contributed by atoms with Crippen molar-refractivity contribution < 1.29 is 14.0 Å². The van der Waals surface area contributed by atoms with Crippen LogP contribution in [0.2, 0.25) is 5.02 Å². The van der Waals surface area contributed by atoms with Crippen molar-refractivity contribution in [3.05, 3.63) is 75.5 Å². The van der Waals surface area contributed by atoms with E-state index < -0.39 is 11.8 Å². The average Bonchev–Trinajstić information content (AvgIpc) is 3.05. The van der Waals surface area contributed by atoms with Crippen molar-refractivity contribution in [2.75, 3.05) is 17.2 Å². The summed E-state index contributed by atoms with van der Waals surface area (Å²) in [5.74, 6) is -0.640. The van der Waals surface area contributed by atoms with Crippen molar-refractivity contribution in [2.24, 2.45) is 0 Å². The topological polar surface area (TPSA) is 83.1 Å². The number of hydrogen-bond donors (Lipinski definition) is 3. The standard InChI is InChI=1S/C20H18ClFN4O2S/c1-12-17(18(27)23-11-10-13-2-4-14(21)5-3-13)29-20(24-12)26-19(28)25-16-8-6-15(22)7-9-16/h2-9H,10-11H2,1H3,(H,23,27)(H2,24,25,26,28). The molecule has 0 unspecified atom stereocenters. The summed E-state index contributed by atoms with van der Waals surface area (Å²) in [6.45, 7) is 2.17. The van der Waals surface area contributed by atoms with E-state index >= 15 is 0 Å². The number of carbonyl (C=O) groups is 2. The normalized spacial score (nSPS) is 10.4. The van der Waals surface area contributed by atoms with Gasteiger partial charge in [-0.25, -0.2) is 14.2 Å². The largest absolute Gasteiger partial charge is 0.351 e. The van der Waals surface area contributed by atoms with E-state index in [1.54, 1.807) is 19.1 Å². The molecular formula is C20H18ClFN4O2S. The van der Waals surface area contributed by atoms with Crippen molar-refractivity contribution in [1.29, 1.82) is 0 Å². The fraction of sp³-hybridized carbons (Fsp3) is 0.150. The summed E-state index contributed by atoms with van der Waals surface area (Å²) in [5, 5.41) is 8.97. The SMILES string of the molecule is Cc1nc(NC(=O)Nc2ccc(F)cc2)sc1C(=O)NCCc1ccc(Cl)cc1. The molecule has 1 heterocycles. The summed E-state index contributed by atoms with van der Waals surface area (Å²) < 4.78 is 12.9. The lowest BCUT2D eigenvalue weighted by atomic mass is 10.1. The maximum atomic E-state index is 12.9. The molecule has 0 aliphatic rings.